The second-order valence-corrected chi connectivity index (χ2v) is 4.72. The first kappa shape index (κ1) is 9.03. The zero-order valence-corrected chi connectivity index (χ0v) is 8.17. The fourth-order valence-corrected chi connectivity index (χ4v) is 3.29. The molecule has 2 nitrogen and oxygen atoms in total. The lowest BCUT2D eigenvalue weighted by atomic mass is 9.97. The number of aldehydes is 1. The van der Waals surface area contributed by atoms with Crippen LogP contribution in [0.25, 0.3) is 0 Å². The molecule has 70 valence electrons. The van der Waals surface area contributed by atoms with E-state index in [0.29, 0.717) is 23.1 Å². The molecule has 0 aromatic rings. The van der Waals surface area contributed by atoms with E-state index in [2.05, 4.69) is 29.6 Å². The molecular weight excluding hydrogens is 182 g/mol. The van der Waals surface area contributed by atoms with E-state index >= 15 is 0 Å². The van der Waals surface area contributed by atoms with Gasteiger partial charge in [0.2, 0.25) is 0 Å². The van der Waals surface area contributed by atoms with Gasteiger partial charge in [0.15, 0.2) is 0 Å². The zero-order valence-electron chi connectivity index (χ0n) is 7.35. The number of allylic oxidation sites excluding steroid dienone is 3. The van der Waals surface area contributed by atoms with Crippen molar-refractivity contribution in [3.63, 3.8) is 0 Å². The number of fused-ring (bicyclic) bond motifs is 1. The van der Waals surface area contributed by atoms with E-state index in [4.69, 9.17) is 0 Å². The molecular formula is C10H13NOS. The standard InChI is InChI=1S/C10H13NOS/c12-6-5-11-10-7-8-3-1-2-4-9(8)13-10/h1-4,6,8-11H,5,7H2. The first-order chi connectivity index (χ1) is 6.40. The van der Waals surface area contributed by atoms with Gasteiger partial charge in [-0.1, -0.05) is 24.3 Å². The summed E-state index contributed by atoms with van der Waals surface area (Å²) in [7, 11) is 0. The molecule has 2 rings (SSSR count). The maximum Gasteiger partial charge on any atom is 0.133 e. The number of nitrogens with one attached hydrogen (secondary N) is 1. The van der Waals surface area contributed by atoms with Gasteiger partial charge in [0.1, 0.15) is 6.29 Å². The lowest BCUT2D eigenvalue weighted by molar-refractivity contribution is -0.107. The topological polar surface area (TPSA) is 29.1 Å². The van der Waals surface area contributed by atoms with Gasteiger partial charge in [0, 0.05) is 5.25 Å². The summed E-state index contributed by atoms with van der Waals surface area (Å²) in [5.41, 5.74) is 0. The molecule has 1 aliphatic carbocycles. The number of carbonyl (C=O) groups excluding carboxylic acids is 1. The van der Waals surface area contributed by atoms with Crippen molar-refractivity contribution in [2.45, 2.75) is 17.0 Å². The van der Waals surface area contributed by atoms with Crippen LogP contribution in [0.2, 0.25) is 0 Å². The fraction of sp³-hybridized carbons (Fsp3) is 0.500. The molecule has 1 fully saturated rings. The van der Waals surface area contributed by atoms with Crippen LogP contribution in [0, 0.1) is 5.92 Å². The van der Waals surface area contributed by atoms with Crippen LogP contribution in [0.15, 0.2) is 24.3 Å². The van der Waals surface area contributed by atoms with Crippen LogP contribution in [-0.2, 0) is 4.79 Å². The van der Waals surface area contributed by atoms with Crippen molar-refractivity contribution < 1.29 is 4.79 Å². The number of hydrogen-bond acceptors (Lipinski definition) is 3. The van der Waals surface area contributed by atoms with E-state index in [-0.39, 0.29) is 0 Å². The minimum atomic E-state index is 0.451. The SMILES string of the molecule is O=CCNC1CC2C=CC=CC2S1. The van der Waals surface area contributed by atoms with Gasteiger partial charge in [-0.3, -0.25) is 5.32 Å². The summed E-state index contributed by atoms with van der Waals surface area (Å²) in [6.45, 7) is 0.477. The van der Waals surface area contributed by atoms with Gasteiger partial charge < -0.3 is 4.79 Å². The molecule has 1 N–H and O–H groups in total. The summed E-state index contributed by atoms with van der Waals surface area (Å²) in [6, 6.07) is 0. The maximum atomic E-state index is 10.2. The van der Waals surface area contributed by atoms with Crippen molar-refractivity contribution in [2.24, 2.45) is 5.92 Å². The van der Waals surface area contributed by atoms with Gasteiger partial charge in [-0.05, 0) is 12.3 Å². The number of hydrogen-bond donors (Lipinski definition) is 1. The van der Waals surface area contributed by atoms with E-state index in [1.807, 2.05) is 11.8 Å². The van der Waals surface area contributed by atoms with Crippen molar-refractivity contribution in [3.8, 4) is 0 Å². The molecule has 3 unspecified atom stereocenters. The van der Waals surface area contributed by atoms with Crippen molar-refractivity contribution >= 4 is 18.0 Å². The Labute approximate surface area is 82.5 Å². The molecule has 1 saturated heterocycles. The Kier molecular flexibility index (Phi) is 2.86. The molecule has 3 atom stereocenters. The smallest absolute Gasteiger partial charge is 0.133 e. The Morgan fingerprint density at radius 2 is 2.31 bits per heavy atom. The predicted octanol–water partition coefficient (Wildman–Crippen LogP) is 1.35. The number of thioether (sulfide) groups is 1. The van der Waals surface area contributed by atoms with Crippen LogP contribution in [0.4, 0.5) is 0 Å². The van der Waals surface area contributed by atoms with Gasteiger partial charge >= 0.3 is 0 Å². The van der Waals surface area contributed by atoms with Gasteiger partial charge in [-0.15, -0.1) is 11.8 Å². The Morgan fingerprint density at radius 1 is 1.46 bits per heavy atom. The highest BCUT2D eigenvalue weighted by Crippen LogP contribution is 2.39. The molecule has 0 amide bonds. The molecule has 3 heteroatoms. The predicted molar refractivity (Wildman–Crippen MR) is 55.6 cm³/mol. The molecule has 0 aromatic heterocycles. The Balaban J connectivity index is 1.89. The van der Waals surface area contributed by atoms with Crippen molar-refractivity contribution in [1.82, 2.24) is 5.32 Å². The van der Waals surface area contributed by atoms with Crippen LogP contribution in [0.3, 0.4) is 0 Å². The lowest BCUT2D eigenvalue weighted by Crippen LogP contribution is -2.25. The van der Waals surface area contributed by atoms with E-state index < -0.39 is 0 Å². The summed E-state index contributed by atoms with van der Waals surface area (Å²) < 4.78 is 0. The molecule has 1 heterocycles. The molecule has 2 aliphatic rings. The van der Waals surface area contributed by atoms with Crippen LogP contribution in [0.5, 0.6) is 0 Å². The molecule has 0 aromatic carbocycles. The van der Waals surface area contributed by atoms with Crippen LogP contribution in [0.1, 0.15) is 6.42 Å². The first-order valence-electron chi connectivity index (χ1n) is 4.57. The normalized spacial score (nSPS) is 36.2. The second-order valence-electron chi connectivity index (χ2n) is 3.33. The molecule has 13 heavy (non-hydrogen) atoms. The lowest BCUT2D eigenvalue weighted by Gasteiger charge is -2.12. The summed E-state index contributed by atoms with van der Waals surface area (Å²) in [6.07, 6.45) is 10.8. The van der Waals surface area contributed by atoms with Crippen molar-refractivity contribution in [1.29, 1.82) is 0 Å². The van der Waals surface area contributed by atoms with Gasteiger partial charge in [0.05, 0.1) is 11.9 Å². The van der Waals surface area contributed by atoms with Crippen molar-refractivity contribution in [2.75, 3.05) is 6.54 Å². The second kappa shape index (κ2) is 4.11. The summed E-state index contributed by atoms with van der Waals surface area (Å²) >= 11 is 1.93. The molecule has 0 bridgehead atoms. The minimum Gasteiger partial charge on any atom is -0.302 e. The van der Waals surface area contributed by atoms with E-state index in [1.54, 1.807) is 0 Å². The highest BCUT2D eigenvalue weighted by molar-refractivity contribution is 8.00. The van der Waals surface area contributed by atoms with E-state index in [9.17, 15) is 4.79 Å². The third-order valence-electron chi connectivity index (χ3n) is 2.43. The van der Waals surface area contributed by atoms with Gasteiger partial charge in [-0.2, -0.15) is 0 Å². The summed E-state index contributed by atoms with van der Waals surface area (Å²) in [4.78, 5) is 10.2. The largest absolute Gasteiger partial charge is 0.302 e. The highest BCUT2D eigenvalue weighted by atomic mass is 32.2. The summed E-state index contributed by atoms with van der Waals surface area (Å²) in [5, 5.41) is 4.29. The average Bonchev–Trinajstić information content (AvgIpc) is 2.57. The minimum absolute atomic E-state index is 0.451. The van der Waals surface area contributed by atoms with Crippen LogP contribution >= 0.6 is 11.8 Å². The molecule has 0 saturated carbocycles. The highest BCUT2D eigenvalue weighted by Gasteiger charge is 2.31. The quantitative estimate of drug-likeness (QED) is 0.689. The fourth-order valence-electron chi connectivity index (χ4n) is 1.80. The molecule has 1 aliphatic heterocycles. The Bertz CT molecular complexity index is 229. The molecule has 0 spiro atoms. The van der Waals surface area contributed by atoms with Crippen LogP contribution in [-0.4, -0.2) is 23.5 Å². The van der Waals surface area contributed by atoms with Gasteiger partial charge in [0.25, 0.3) is 0 Å². The third kappa shape index (κ3) is 2.03. The number of carbonyl (C=O) groups is 1. The Hall–Kier alpha value is -0.540. The summed E-state index contributed by atoms with van der Waals surface area (Å²) in [5.74, 6) is 0.666. The number of rotatable bonds is 3. The average molecular weight is 195 g/mol. The van der Waals surface area contributed by atoms with Crippen LogP contribution < -0.4 is 5.32 Å². The third-order valence-corrected chi connectivity index (χ3v) is 3.94. The first-order valence-corrected chi connectivity index (χ1v) is 5.52. The Morgan fingerprint density at radius 3 is 3.08 bits per heavy atom. The zero-order chi connectivity index (χ0) is 9.10. The van der Waals surface area contributed by atoms with Gasteiger partial charge in [-0.25, -0.2) is 0 Å². The van der Waals surface area contributed by atoms with E-state index in [1.165, 1.54) is 0 Å². The van der Waals surface area contributed by atoms with E-state index in [0.717, 1.165) is 12.7 Å². The van der Waals surface area contributed by atoms with Crippen molar-refractivity contribution in [3.05, 3.63) is 24.3 Å². The molecule has 0 radical (unpaired) electrons. The monoisotopic (exact) mass is 195 g/mol. The maximum absolute atomic E-state index is 10.2.